The fourth-order valence-electron chi connectivity index (χ4n) is 3.22. The average molecular weight is 455 g/mol. The van der Waals surface area contributed by atoms with E-state index in [1.165, 1.54) is 14.2 Å². The SMILES string of the molecule is COc1ccc(OC)c(NC(=O)COC(=O)[C@H]2CC(=O)N(NC(=O)c3ccc(C)cc3)C2)c1. The lowest BCUT2D eigenvalue weighted by atomic mass is 10.1. The van der Waals surface area contributed by atoms with Crippen molar-refractivity contribution in [2.45, 2.75) is 13.3 Å². The summed E-state index contributed by atoms with van der Waals surface area (Å²) in [6.45, 7) is 1.32. The zero-order chi connectivity index (χ0) is 24.0. The number of nitrogens with zero attached hydrogens (tertiary/aromatic N) is 1. The Bertz CT molecular complexity index is 1050. The van der Waals surface area contributed by atoms with Gasteiger partial charge in [-0.25, -0.2) is 0 Å². The van der Waals surface area contributed by atoms with Crippen LogP contribution >= 0.6 is 0 Å². The molecule has 2 aromatic carbocycles. The average Bonchev–Trinajstić information content (AvgIpc) is 3.17. The van der Waals surface area contributed by atoms with Crippen molar-refractivity contribution in [3.63, 3.8) is 0 Å². The lowest BCUT2D eigenvalue weighted by molar-refractivity contribution is -0.151. The fourth-order valence-corrected chi connectivity index (χ4v) is 3.22. The Balaban J connectivity index is 1.51. The van der Waals surface area contributed by atoms with Gasteiger partial charge >= 0.3 is 5.97 Å². The first-order chi connectivity index (χ1) is 15.8. The van der Waals surface area contributed by atoms with Crippen LogP contribution in [0.15, 0.2) is 42.5 Å². The normalized spacial score (nSPS) is 15.1. The van der Waals surface area contributed by atoms with Gasteiger partial charge in [0.2, 0.25) is 5.91 Å². The minimum absolute atomic E-state index is 0.0411. The van der Waals surface area contributed by atoms with Gasteiger partial charge in [-0.2, -0.15) is 0 Å². The number of benzene rings is 2. The van der Waals surface area contributed by atoms with E-state index in [1.54, 1.807) is 42.5 Å². The molecule has 2 aromatic rings. The standard InChI is InChI=1S/C23H25N3O7/c1-14-4-6-15(7-5-14)22(29)25-26-12-16(10-21(26)28)23(30)33-13-20(27)24-18-11-17(31-2)8-9-19(18)32-3/h4-9,11,16H,10,12-13H2,1-3H3,(H,24,27)(H,25,29)/t16-/m0/s1. The molecule has 0 saturated carbocycles. The maximum Gasteiger partial charge on any atom is 0.311 e. The summed E-state index contributed by atoms with van der Waals surface area (Å²) in [4.78, 5) is 49.2. The zero-order valence-corrected chi connectivity index (χ0v) is 18.5. The molecule has 2 N–H and O–H groups in total. The highest BCUT2D eigenvalue weighted by atomic mass is 16.5. The van der Waals surface area contributed by atoms with Crippen LogP contribution in [-0.4, -0.2) is 56.1 Å². The van der Waals surface area contributed by atoms with Gasteiger partial charge in [-0.1, -0.05) is 17.7 Å². The number of nitrogens with one attached hydrogen (secondary N) is 2. The first-order valence-corrected chi connectivity index (χ1v) is 10.2. The maximum absolute atomic E-state index is 12.4. The fraction of sp³-hybridized carbons (Fsp3) is 0.304. The number of amides is 3. The number of rotatable bonds is 8. The van der Waals surface area contributed by atoms with E-state index in [4.69, 9.17) is 14.2 Å². The van der Waals surface area contributed by atoms with E-state index in [-0.39, 0.29) is 13.0 Å². The molecule has 174 valence electrons. The molecule has 1 fully saturated rings. The van der Waals surface area contributed by atoms with E-state index in [2.05, 4.69) is 10.7 Å². The minimum atomic E-state index is -0.796. The van der Waals surface area contributed by atoms with Gasteiger partial charge in [0.15, 0.2) is 6.61 Å². The van der Waals surface area contributed by atoms with Gasteiger partial charge in [-0.15, -0.1) is 0 Å². The van der Waals surface area contributed by atoms with Crippen molar-refractivity contribution in [2.24, 2.45) is 5.92 Å². The van der Waals surface area contributed by atoms with Gasteiger partial charge in [0.25, 0.3) is 11.8 Å². The Kier molecular flexibility index (Phi) is 7.50. The van der Waals surface area contributed by atoms with E-state index in [1.807, 2.05) is 6.92 Å². The smallest absolute Gasteiger partial charge is 0.311 e. The van der Waals surface area contributed by atoms with Crippen LogP contribution in [0.5, 0.6) is 11.5 Å². The summed E-state index contributed by atoms with van der Waals surface area (Å²) in [6.07, 6.45) is -0.127. The molecule has 0 bridgehead atoms. The van der Waals surface area contributed by atoms with Gasteiger partial charge in [0.05, 0.1) is 32.4 Å². The van der Waals surface area contributed by atoms with Crippen LogP contribution in [0.4, 0.5) is 5.69 Å². The number of hydrazine groups is 1. The molecular weight excluding hydrogens is 430 g/mol. The molecule has 10 nitrogen and oxygen atoms in total. The first kappa shape index (κ1) is 23.6. The Morgan fingerprint density at radius 2 is 1.79 bits per heavy atom. The number of carbonyl (C=O) groups excluding carboxylic acids is 4. The van der Waals surface area contributed by atoms with Crippen LogP contribution in [-0.2, 0) is 19.1 Å². The second-order valence-corrected chi connectivity index (χ2v) is 7.43. The number of anilines is 1. The molecule has 0 unspecified atom stereocenters. The van der Waals surface area contributed by atoms with Crippen molar-refractivity contribution < 1.29 is 33.4 Å². The summed E-state index contributed by atoms with van der Waals surface area (Å²) in [5.41, 5.74) is 4.26. The number of hydrogen-bond acceptors (Lipinski definition) is 7. The summed E-state index contributed by atoms with van der Waals surface area (Å²) >= 11 is 0. The van der Waals surface area contributed by atoms with Crippen molar-refractivity contribution >= 4 is 29.4 Å². The van der Waals surface area contributed by atoms with Crippen LogP contribution in [0, 0.1) is 12.8 Å². The predicted molar refractivity (Wildman–Crippen MR) is 118 cm³/mol. The Hall–Kier alpha value is -4.08. The quantitative estimate of drug-likeness (QED) is 0.581. The molecule has 33 heavy (non-hydrogen) atoms. The van der Waals surface area contributed by atoms with Gasteiger partial charge in [-0.05, 0) is 31.2 Å². The summed E-state index contributed by atoms with van der Waals surface area (Å²) < 4.78 is 15.4. The van der Waals surface area contributed by atoms with Gasteiger partial charge < -0.3 is 19.5 Å². The van der Waals surface area contributed by atoms with Crippen LogP contribution < -0.4 is 20.2 Å². The second-order valence-electron chi connectivity index (χ2n) is 7.43. The lowest BCUT2D eigenvalue weighted by Crippen LogP contribution is -2.43. The van der Waals surface area contributed by atoms with Crippen LogP contribution in [0.25, 0.3) is 0 Å². The summed E-state index contributed by atoms with van der Waals surface area (Å²) in [7, 11) is 2.95. The van der Waals surface area contributed by atoms with E-state index in [0.29, 0.717) is 22.7 Å². The molecule has 0 radical (unpaired) electrons. The molecule has 0 spiro atoms. The third-order valence-electron chi connectivity index (χ3n) is 5.03. The van der Waals surface area contributed by atoms with Crippen molar-refractivity contribution in [2.75, 3.05) is 32.7 Å². The van der Waals surface area contributed by atoms with Gasteiger partial charge in [0, 0.05) is 18.1 Å². The number of ether oxygens (including phenoxy) is 3. The molecule has 1 atom stereocenters. The monoisotopic (exact) mass is 455 g/mol. The topological polar surface area (TPSA) is 123 Å². The van der Waals surface area contributed by atoms with Crippen molar-refractivity contribution in [3.8, 4) is 11.5 Å². The predicted octanol–water partition coefficient (Wildman–Crippen LogP) is 1.69. The number of esters is 1. The third-order valence-corrected chi connectivity index (χ3v) is 5.03. The largest absolute Gasteiger partial charge is 0.497 e. The second kappa shape index (κ2) is 10.5. The van der Waals surface area contributed by atoms with Crippen molar-refractivity contribution in [1.29, 1.82) is 0 Å². The first-order valence-electron chi connectivity index (χ1n) is 10.2. The molecule has 1 aliphatic rings. The highest BCUT2D eigenvalue weighted by molar-refractivity contribution is 5.97. The zero-order valence-electron chi connectivity index (χ0n) is 18.5. The van der Waals surface area contributed by atoms with E-state index >= 15 is 0 Å². The highest BCUT2D eigenvalue weighted by Crippen LogP contribution is 2.28. The van der Waals surface area contributed by atoms with Crippen molar-refractivity contribution in [3.05, 3.63) is 53.6 Å². The van der Waals surface area contributed by atoms with E-state index < -0.39 is 36.2 Å². The number of carbonyl (C=O) groups is 4. The maximum atomic E-state index is 12.4. The van der Waals surface area contributed by atoms with Gasteiger partial charge in [-0.3, -0.25) is 29.6 Å². The highest BCUT2D eigenvalue weighted by Gasteiger charge is 2.36. The molecule has 3 rings (SSSR count). The molecule has 1 heterocycles. The molecule has 10 heteroatoms. The van der Waals surface area contributed by atoms with Crippen LogP contribution in [0.3, 0.4) is 0 Å². The number of hydrogen-bond donors (Lipinski definition) is 2. The Morgan fingerprint density at radius 1 is 1.06 bits per heavy atom. The molecule has 1 aliphatic heterocycles. The van der Waals surface area contributed by atoms with E-state index in [9.17, 15) is 19.2 Å². The lowest BCUT2D eigenvalue weighted by Gasteiger charge is -2.17. The number of methoxy groups -OCH3 is 2. The molecule has 1 saturated heterocycles. The summed E-state index contributed by atoms with van der Waals surface area (Å²) in [6, 6.07) is 11.7. The number of aryl methyl sites for hydroxylation is 1. The Labute approximate surface area is 190 Å². The summed E-state index contributed by atoms with van der Waals surface area (Å²) in [5, 5.41) is 3.68. The van der Waals surface area contributed by atoms with Gasteiger partial charge in [0.1, 0.15) is 11.5 Å². The third kappa shape index (κ3) is 6.00. The Morgan fingerprint density at radius 3 is 2.45 bits per heavy atom. The molecule has 0 aliphatic carbocycles. The molecule has 3 amide bonds. The van der Waals surface area contributed by atoms with Crippen LogP contribution in [0.1, 0.15) is 22.3 Å². The molecule has 0 aromatic heterocycles. The molecular formula is C23H25N3O7. The van der Waals surface area contributed by atoms with E-state index in [0.717, 1.165) is 10.6 Å². The van der Waals surface area contributed by atoms with Crippen LogP contribution in [0.2, 0.25) is 0 Å². The minimum Gasteiger partial charge on any atom is -0.497 e. The van der Waals surface area contributed by atoms with Crippen molar-refractivity contribution in [1.82, 2.24) is 10.4 Å². The summed E-state index contributed by atoms with van der Waals surface area (Å²) in [5.74, 6) is -2.02.